The quantitative estimate of drug-likeness (QED) is 0.0228. The molecule has 1 fully saturated rings. The van der Waals surface area contributed by atoms with E-state index in [1.54, 1.807) is 0 Å². The van der Waals surface area contributed by atoms with Gasteiger partial charge in [0.1, 0.15) is 18.8 Å². The number of carbonyl (C=O) groups excluding carboxylic acids is 3. The molecule has 6 atom stereocenters. The van der Waals surface area contributed by atoms with Gasteiger partial charge in [-0.1, -0.05) is 197 Å². The first-order chi connectivity index (χ1) is 36.6. The van der Waals surface area contributed by atoms with Crippen molar-refractivity contribution >= 4 is 23.9 Å². The Labute approximate surface area is 456 Å². The van der Waals surface area contributed by atoms with Crippen molar-refractivity contribution in [2.45, 2.75) is 302 Å². The van der Waals surface area contributed by atoms with E-state index < -0.39 is 67.3 Å². The maximum Gasteiger partial charge on any atom is 0.335 e. The predicted molar refractivity (Wildman–Crippen MR) is 303 cm³/mol. The van der Waals surface area contributed by atoms with Gasteiger partial charge in [-0.15, -0.1) is 0 Å². The van der Waals surface area contributed by atoms with Gasteiger partial charge in [0.05, 0.1) is 6.61 Å². The Bertz CT molecular complexity index is 1540. The van der Waals surface area contributed by atoms with Gasteiger partial charge in [-0.05, 0) is 109 Å². The summed E-state index contributed by atoms with van der Waals surface area (Å²) in [7, 11) is 0. The smallest absolute Gasteiger partial charge is 0.335 e. The minimum atomic E-state index is -1.91. The van der Waals surface area contributed by atoms with Crippen molar-refractivity contribution in [3.63, 3.8) is 0 Å². The van der Waals surface area contributed by atoms with Crippen LogP contribution in [0.5, 0.6) is 0 Å². The zero-order valence-corrected chi connectivity index (χ0v) is 47.5. The fourth-order valence-corrected chi connectivity index (χ4v) is 8.83. The van der Waals surface area contributed by atoms with Crippen molar-refractivity contribution < 1.29 is 58.2 Å². The summed E-state index contributed by atoms with van der Waals surface area (Å²) < 4.78 is 28.4. The van der Waals surface area contributed by atoms with Gasteiger partial charge in [-0.3, -0.25) is 14.4 Å². The van der Waals surface area contributed by atoms with Crippen LogP contribution in [-0.2, 0) is 42.9 Å². The van der Waals surface area contributed by atoms with Crippen molar-refractivity contribution in [3.8, 4) is 0 Å². The minimum absolute atomic E-state index is 0.0426. The van der Waals surface area contributed by atoms with Crippen molar-refractivity contribution in [1.82, 2.24) is 0 Å². The van der Waals surface area contributed by atoms with Gasteiger partial charge in [0, 0.05) is 19.3 Å². The number of carbonyl (C=O) groups is 4. The third-order valence-corrected chi connectivity index (χ3v) is 13.5. The Kier molecular flexibility index (Phi) is 47.4. The largest absolute Gasteiger partial charge is 0.479 e. The summed E-state index contributed by atoms with van der Waals surface area (Å²) in [5.74, 6) is -3.15. The monoisotopic (exact) mass is 1060 g/mol. The van der Waals surface area contributed by atoms with E-state index >= 15 is 0 Å². The average molecular weight is 1060 g/mol. The molecule has 0 aliphatic carbocycles. The summed E-state index contributed by atoms with van der Waals surface area (Å²) in [6.45, 7) is 5.91. The summed E-state index contributed by atoms with van der Waals surface area (Å²) in [6.07, 6.45) is 50.4. The summed E-state index contributed by atoms with van der Waals surface area (Å²) in [6, 6.07) is 0. The van der Waals surface area contributed by atoms with Gasteiger partial charge >= 0.3 is 23.9 Å². The molecule has 0 aromatic carbocycles. The molecule has 12 heteroatoms. The Morgan fingerprint density at radius 2 is 0.800 bits per heavy atom. The Balaban J connectivity index is 2.69. The molecule has 1 heterocycles. The van der Waals surface area contributed by atoms with E-state index in [-0.39, 0.29) is 25.9 Å². The number of allylic oxidation sites excluding steroid dienone is 10. The lowest BCUT2D eigenvalue weighted by molar-refractivity contribution is -0.301. The zero-order chi connectivity index (χ0) is 54.7. The zero-order valence-electron chi connectivity index (χ0n) is 47.5. The fraction of sp³-hybridized carbons (Fsp3) is 0.778. The second-order valence-corrected chi connectivity index (χ2v) is 20.6. The molecular formula is C63H108O12. The molecule has 0 aromatic rings. The number of hydrogen-bond donors (Lipinski definition) is 3. The molecule has 75 heavy (non-hydrogen) atoms. The molecule has 3 N–H and O–H groups in total. The van der Waals surface area contributed by atoms with Crippen LogP contribution in [0.4, 0.5) is 0 Å². The minimum Gasteiger partial charge on any atom is -0.479 e. The standard InChI is InChI=1S/C63H108O12/c1-4-7-10-13-16-19-22-25-27-28-30-32-34-37-40-43-46-49-55(64)71-52-54(73-56(65)50-47-44-41-38-35-31-24-21-18-15-12-9-6-3)53-72-63-61(59(68)58(67)60(75-63)62(69)70)74-57(66)51-48-45-42-39-36-33-29-26-23-20-17-14-11-8-5-2/h16-17,19-21,24-27,29,54,58-61,63,67-68H,4-15,18,22-23,28,30-53H2,1-3H3,(H,69,70)/b19-16-,20-17-,24-21-,27-25-,29-26-. The maximum absolute atomic E-state index is 13.1. The van der Waals surface area contributed by atoms with Crippen molar-refractivity contribution in [2.24, 2.45) is 0 Å². The highest BCUT2D eigenvalue weighted by atomic mass is 16.7. The second kappa shape index (κ2) is 51.2. The Hall–Kier alpha value is -3.58. The number of aliphatic hydroxyl groups is 2. The van der Waals surface area contributed by atoms with Gasteiger partial charge in [-0.2, -0.15) is 0 Å². The molecule has 1 aliphatic rings. The van der Waals surface area contributed by atoms with E-state index in [9.17, 15) is 34.5 Å². The van der Waals surface area contributed by atoms with Crippen LogP contribution in [0.3, 0.4) is 0 Å². The third kappa shape index (κ3) is 41.2. The molecule has 0 aromatic heterocycles. The first kappa shape index (κ1) is 69.4. The Morgan fingerprint density at radius 3 is 1.24 bits per heavy atom. The van der Waals surface area contributed by atoms with E-state index in [1.165, 1.54) is 83.5 Å². The molecule has 0 amide bonds. The van der Waals surface area contributed by atoms with Crippen molar-refractivity contribution in [1.29, 1.82) is 0 Å². The normalized spacial score (nSPS) is 18.5. The lowest BCUT2D eigenvalue weighted by atomic mass is 9.98. The number of hydrogen-bond acceptors (Lipinski definition) is 11. The number of rotatable bonds is 51. The lowest BCUT2D eigenvalue weighted by Crippen LogP contribution is -2.61. The first-order valence-electron chi connectivity index (χ1n) is 30.3. The maximum atomic E-state index is 13.1. The molecule has 432 valence electrons. The van der Waals surface area contributed by atoms with Gasteiger partial charge < -0.3 is 39.0 Å². The van der Waals surface area contributed by atoms with Gasteiger partial charge in [0.25, 0.3) is 0 Å². The van der Waals surface area contributed by atoms with E-state index in [0.717, 1.165) is 122 Å². The van der Waals surface area contributed by atoms with Crippen LogP contribution >= 0.6 is 0 Å². The van der Waals surface area contributed by atoms with Gasteiger partial charge in [-0.25, -0.2) is 4.79 Å². The van der Waals surface area contributed by atoms with E-state index in [0.29, 0.717) is 19.3 Å². The predicted octanol–water partition coefficient (Wildman–Crippen LogP) is 15.6. The number of carboxylic acid groups (broad SMARTS) is 1. The summed E-state index contributed by atoms with van der Waals surface area (Å²) >= 11 is 0. The van der Waals surface area contributed by atoms with Crippen LogP contribution in [-0.4, -0.2) is 89.2 Å². The van der Waals surface area contributed by atoms with Gasteiger partial charge in [0.15, 0.2) is 24.6 Å². The van der Waals surface area contributed by atoms with Crippen LogP contribution in [0.1, 0.15) is 265 Å². The SMILES string of the molecule is CCCCC/C=C\C/C=C\CCCCCCCCCC(=O)OCC(COC1OC(C(=O)O)C(O)C(O)C1OC(=O)CCCCCCC/C=C\C/C=C\CCCCC)OC(=O)CCCCCCC/C=C\CCCCCC. The number of unbranched alkanes of at least 4 members (excludes halogenated alkanes) is 27. The molecule has 0 radical (unpaired) electrons. The molecule has 0 saturated carbocycles. The van der Waals surface area contributed by atoms with E-state index in [4.69, 9.17) is 23.7 Å². The summed E-state index contributed by atoms with van der Waals surface area (Å²) in [5, 5.41) is 31.5. The van der Waals surface area contributed by atoms with Crippen LogP contribution in [0.2, 0.25) is 0 Å². The molecule has 0 spiro atoms. The number of esters is 3. The lowest BCUT2D eigenvalue weighted by Gasteiger charge is -2.40. The molecule has 1 aliphatic heterocycles. The molecule has 0 bridgehead atoms. The fourth-order valence-electron chi connectivity index (χ4n) is 8.83. The number of carboxylic acids is 1. The van der Waals surface area contributed by atoms with E-state index in [2.05, 4.69) is 81.5 Å². The number of aliphatic hydroxyl groups excluding tert-OH is 2. The second-order valence-electron chi connectivity index (χ2n) is 20.6. The first-order valence-corrected chi connectivity index (χ1v) is 30.3. The topological polar surface area (TPSA) is 175 Å². The average Bonchev–Trinajstić information content (AvgIpc) is 3.39. The van der Waals surface area contributed by atoms with Gasteiger partial charge in [0.2, 0.25) is 0 Å². The molecule has 1 rings (SSSR count). The highest BCUT2D eigenvalue weighted by Crippen LogP contribution is 2.26. The molecule has 1 saturated heterocycles. The van der Waals surface area contributed by atoms with Crippen LogP contribution in [0.25, 0.3) is 0 Å². The highest BCUT2D eigenvalue weighted by Gasteiger charge is 2.50. The summed E-state index contributed by atoms with van der Waals surface area (Å²) in [5.41, 5.74) is 0. The van der Waals surface area contributed by atoms with Crippen LogP contribution in [0.15, 0.2) is 60.8 Å². The molecule has 6 unspecified atom stereocenters. The van der Waals surface area contributed by atoms with E-state index in [1.807, 2.05) is 0 Å². The summed E-state index contributed by atoms with van der Waals surface area (Å²) in [4.78, 5) is 51.1. The molecular weight excluding hydrogens is 949 g/mol. The van der Waals surface area contributed by atoms with Crippen LogP contribution < -0.4 is 0 Å². The number of ether oxygens (including phenoxy) is 5. The third-order valence-electron chi connectivity index (χ3n) is 13.5. The van der Waals surface area contributed by atoms with Crippen molar-refractivity contribution in [3.05, 3.63) is 60.8 Å². The molecule has 12 nitrogen and oxygen atoms in total. The number of aliphatic carboxylic acids is 1. The Morgan fingerprint density at radius 1 is 0.440 bits per heavy atom. The van der Waals surface area contributed by atoms with Crippen LogP contribution in [0, 0.1) is 0 Å². The highest BCUT2D eigenvalue weighted by molar-refractivity contribution is 5.74. The van der Waals surface area contributed by atoms with Crippen molar-refractivity contribution in [2.75, 3.05) is 13.2 Å².